The predicted molar refractivity (Wildman–Crippen MR) is 183 cm³/mol. The van der Waals surface area contributed by atoms with Crippen LogP contribution in [0.4, 0.5) is 18.9 Å². The molecule has 0 saturated heterocycles. The van der Waals surface area contributed by atoms with Crippen LogP contribution in [0.5, 0.6) is 5.75 Å². The number of benzene rings is 4. The minimum atomic E-state index is -4.77. The average Bonchev–Trinajstić information content (AvgIpc) is 3.09. The van der Waals surface area contributed by atoms with Crippen molar-refractivity contribution in [3.63, 3.8) is 0 Å². The Bertz CT molecular complexity index is 1820. The number of amides is 2. The van der Waals surface area contributed by atoms with Crippen molar-refractivity contribution in [2.45, 2.75) is 56.8 Å². The van der Waals surface area contributed by atoms with Crippen molar-refractivity contribution >= 4 is 27.5 Å². The predicted octanol–water partition coefficient (Wildman–Crippen LogP) is 6.77. The first-order valence-corrected chi connectivity index (χ1v) is 17.3. The van der Waals surface area contributed by atoms with Gasteiger partial charge in [0.2, 0.25) is 11.8 Å². The third-order valence-corrected chi connectivity index (χ3v) is 9.73. The highest BCUT2D eigenvalue weighted by molar-refractivity contribution is 7.92. The number of carbonyl (C=O) groups excluding carboxylic acids is 2. The number of hydrogen-bond acceptors (Lipinski definition) is 5. The molecule has 0 aromatic heterocycles. The standard InChI is InChI=1S/C37H40F3N3O5S/c1-4-5-21-41-36(45)34(23-28-11-7-6-8-12-28)42(25-29-13-9-16-32(22-29)48-3)35(44)26-43(31-15-10-14-30(24-31)37(38,39)40)49(46,47)33-19-17-27(2)18-20-33/h6-20,22,24,34H,4-5,21,23,25-26H2,1-3H3,(H,41,45)/t34-/m0/s1. The molecule has 2 amide bonds. The maximum atomic E-state index is 14.6. The van der Waals surface area contributed by atoms with Gasteiger partial charge in [0.15, 0.2) is 0 Å². The van der Waals surface area contributed by atoms with Crippen molar-refractivity contribution < 1.29 is 35.9 Å². The second-order valence-corrected chi connectivity index (χ2v) is 13.5. The highest BCUT2D eigenvalue weighted by atomic mass is 32.2. The molecule has 4 rings (SSSR count). The molecule has 0 spiro atoms. The van der Waals surface area contributed by atoms with Crippen LogP contribution in [0, 0.1) is 6.92 Å². The van der Waals surface area contributed by atoms with Crippen molar-refractivity contribution in [2.75, 3.05) is 24.5 Å². The number of carbonyl (C=O) groups is 2. The lowest BCUT2D eigenvalue weighted by molar-refractivity contribution is -0.140. The number of methoxy groups -OCH3 is 1. The van der Waals surface area contributed by atoms with Crippen LogP contribution in [0.15, 0.2) is 108 Å². The molecule has 0 heterocycles. The summed E-state index contributed by atoms with van der Waals surface area (Å²) < 4.78 is 75.8. The van der Waals surface area contributed by atoms with E-state index in [2.05, 4.69) is 5.32 Å². The minimum absolute atomic E-state index is 0.1000. The number of ether oxygens (including phenoxy) is 1. The van der Waals surface area contributed by atoms with Gasteiger partial charge in [0, 0.05) is 19.5 Å². The van der Waals surface area contributed by atoms with Gasteiger partial charge in [0.25, 0.3) is 10.0 Å². The molecule has 1 atom stereocenters. The fourth-order valence-electron chi connectivity index (χ4n) is 5.23. The Labute approximate surface area is 285 Å². The highest BCUT2D eigenvalue weighted by Gasteiger charge is 2.36. The van der Waals surface area contributed by atoms with Crippen molar-refractivity contribution in [1.82, 2.24) is 10.2 Å². The van der Waals surface area contributed by atoms with Gasteiger partial charge in [-0.3, -0.25) is 13.9 Å². The van der Waals surface area contributed by atoms with Crippen LogP contribution in [0.3, 0.4) is 0 Å². The molecule has 4 aromatic rings. The lowest BCUT2D eigenvalue weighted by atomic mass is 10.0. The Balaban J connectivity index is 1.84. The lowest BCUT2D eigenvalue weighted by Crippen LogP contribution is -2.53. The number of unbranched alkanes of at least 4 members (excludes halogenated alkanes) is 1. The molecule has 0 saturated carbocycles. The fraction of sp³-hybridized carbons (Fsp3) is 0.297. The molecule has 1 N–H and O–H groups in total. The summed E-state index contributed by atoms with van der Waals surface area (Å²) in [4.78, 5) is 29.5. The first-order chi connectivity index (χ1) is 23.3. The maximum absolute atomic E-state index is 14.6. The largest absolute Gasteiger partial charge is 0.497 e. The van der Waals surface area contributed by atoms with Gasteiger partial charge in [0.05, 0.1) is 23.3 Å². The summed E-state index contributed by atoms with van der Waals surface area (Å²) in [5.74, 6) is -0.729. The van der Waals surface area contributed by atoms with Gasteiger partial charge < -0.3 is 15.0 Å². The Morgan fingerprint density at radius 3 is 2.20 bits per heavy atom. The van der Waals surface area contributed by atoms with Crippen molar-refractivity contribution in [1.29, 1.82) is 0 Å². The number of alkyl halides is 3. The number of anilines is 1. The molecule has 4 aromatic carbocycles. The summed E-state index contributed by atoms with van der Waals surface area (Å²) in [5.41, 5.74) is 0.690. The first-order valence-electron chi connectivity index (χ1n) is 15.8. The topological polar surface area (TPSA) is 96.0 Å². The zero-order valence-corrected chi connectivity index (χ0v) is 28.4. The molecule has 12 heteroatoms. The zero-order chi connectivity index (χ0) is 35.6. The van der Waals surface area contributed by atoms with Crippen LogP contribution >= 0.6 is 0 Å². The Kier molecular flexibility index (Phi) is 12.5. The van der Waals surface area contributed by atoms with Gasteiger partial charge >= 0.3 is 6.18 Å². The quantitative estimate of drug-likeness (QED) is 0.139. The van der Waals surface area contributed by atoms with Crippen molar-refractivity contribution in [3.05, 3.63) is 125 Å². The number of halogens is 3. The van der Waals surface area contributed by atoms with Gasteiger partial charge in [-0.1, -0.05) is 79.6 Å². The number of hydrogen-bond donors (Lipinski definition) is 1. The third kappa shape index (κ3) is 9.85. The normalized spacial score (nSPS) is 12.2. The summed E-state index contributed by atoms with van der Waals surface area (Å²) in [6.45, 7) is 3.10. The van der Waals surface area contributed by atoms with Crippen LogP contribution in [-0.4, -0.2) is 51.4 Å². The maximum Gasteiger partial charge on any atom is 0.416 e. The van der Waals surface area contributed by atoms with Crippen LogP contribution < -0.4 is 14.4 Å². The van der Waals surface area contributed by atoms with Gasteiger partial charge in [-0.15, -0.1) is 0 Å². The Hall–Kier alpha value is -4.84. The summed E-state index contributed by atoms with van der Waals surface area (Å²) in [6, 6.07) is 24.5. The molecule has 260 valence electrons. The van der Waals surface area contributed by atoms with Crippen LogP contribution in [-0.2, 0) is 38.8 Å². The minimum Gasteiger partial charge on any atom is -0.497 e. The van der Waals surface area contributed by atoms with Crippen LogP contribution in [0.1, 0.15) is 42.0 Å². The highest BCUT2D eigenvalue weighted by Crippen LogP contribution is 2.33. The summed E-state index contributed by atoms with van der Waals surface area (Å²) in [7, 11) is -3.08. The van der Waals surface area contributed by atoms with Gasteiger partial charge in [-0.25, -0.2) is 8.42 Å². The Morgan fingerprint density at radius 2 is 1.55 bits per heavy atom. The van der Waals surface area contributed by atoms with Crippen LogP contribution in [0.2, 0.25) is 0 Å². The fourth-order valence-corrected chi connectivity index (χ4v) is 6.64. The van der Waals surface area contributed by atoms with E-state index < -0.39 is 46.2 Å². The van der Waals surface area contributed by atoms with Gasteiger partial charge in [-0.05, 0) is 66.9 Å². The zero-order valence-electron chi connectivity index (χ0n) is 27.6. The number of nitrogens with one attached hydrogen (secondary N) is 1. The van der Waals surface area contributed by atoms with E-state index in [1.165, 1.54) is 30.2 Å². The SMILES string of the molecule is CCCCNC(=O)[C@H](Cc1ccccc1)N(Cc1cccc(OC)c1)C(=O)CN(c1cccc(C(F)(F)F)c1)S(=O)(=O)c1ccc(C)cc1. The van der Waals surface area contributed by atoms with E-state index in [-0.39, 0.29) is 23.5 Å². The van der Waals surface area contributed by atoms with E-state index in [4.69, 9.17) is 4.74 Å². The number of aryl methyl sites for hydroxylation is 1. The summed E-state index contributed by atoms with van der Waals surface area (Å²) in [5, 5.41) is 2.90. The molecule has 0 bridgehead atoms. The Morgan fingerprint density at radius 1 is 0.878 bits per heavy atom. The molecule has 0 aliphatic heterocycles. The monoisotopic (exact) mass is 695 g/mol. The molecule has 0 fully saturated rings. The average molecular weight is 696 g/mol. The molecule has 0 radical (unpaired) electrons. The number of rotatable bonds is 15. The molecule has 49 heavy (non-hydrogen) atoms. The number of sulfonamides is 1. The van der Waals surface area contributed by atoms with E-state index in [0.29, 0.717) is 34.7 Å². The van der Waals surface area contributed by atoms with E-state index >= 15 is 0 Å². The van der Waals surface area contributed by atoms with E-state index in [0.717, 1.165) is 29.7 Å². The molecular weight excluding hydrogens is 655 g/mol. The molecule has 0 aliphatic carbocycles. The van der Waals surface area contributed by atoms with Crippen molar-refractivity contribution in [3.8, 4) is 5.75 Å². The smallest absolute Gasteiger partial charge is 0.416 e. The van der Waals surface area contributed by atoms with Crippen LogP contribution in [0.25, 0.3) is 0 Å². The molecule has 8 nitrogen and oxygen atoms in total. The van der Waals surface area contributed by atoms with E-state index in [1.807, 2.05) is 25.1 Å². The molecule has 0 aliphatic rings. The van der Waals surface area contributed by atoms with E-state index in [1.54, 1.807) is 55.5 Å². The van der Waals surface area contributed by atoms with Gasteiger partial charge in [0.1, 0.15) is 18.3 Å². The lowest BCUT2D eigenvalue weighted by Gasteiger charge is -2.34. The third-order valence-electron chi connectivity index (χ3n) is 7.94. The number of nitrogens with zero attached hydrogens (tertiary/aromatic N) is 2. The van der Waals surface area contributed by atoms with Gasteiger partial charge in [-0.2, -0.15) is 13.2 Å². The summed E-state index contributed by atoms with van der Waals surface area (Å²) in [6.07, 6.45) is -3.15. The first kappa shape index (κ1) is 37.0. The van der Waals surface area contributed by atoms with Crippen molar-refractivity contribution in [2.24, 2.45) is 0 Å². The second-order valence-electron chi connectivity index (χ2n) is 11.6. The molecule has 0 unspecified atom stereocenters. The molecular formula is C37H40F3N3O5S. The second kappa shape index (κ2) is 16.5. The summed E-state index contributed by atoms with van der Waals surface area (Å²) >= 11 is 0. The van der Waals surface area contributed by atoms with E-state index in [9.17, 15) is 31.2 Å².